The van der Waals surface area contributed by atoms with Crippen LogP contribution in [0.3, 0.4) is 0 Å². The van der Waals surface area contributed by atoms with Gasteiger partial charge in [-0.1, -0.05) is 96.0 Å². The molecule has 0 fully saturated rings. The average molecular weight is 730 g/mol. The van der Waals surface area contributed by atoms with Crippen molar-refractivity contribution in [1.82, 2.24) is 10.2 Å². The predicted octanol–water partition coefficient (Wildman–Crippen LogP) is 11.6. The number of nitrogens with zero attached hydrogens (tertiary/aromatic N) is 1. The zero-order valence-electron chi connectivity index (χ0n) is 30.7. The number of halogens is 2. The van der Waals surface area contributed by atoms with E-state index in [0.29, 0.717) is 11.8 Å². The lowest BCUT2D eigenvalue weighted by molar-refractivity contribution is 0.0216. The summed E-state index contributed by atoms with van der Waals surface area (Å²) in [6.07, 6.45) is 2.93. The molecule has 0 unspecified atom stereocenters. The molecule has 6 nitrogen and oxygen atoms in total. The fourth-order valence-electron chi connectivity index (χ4n) is 7.15. The van der Waals surface area contributed by atoms with Gasteiger partial charge in [0, 0.05) is 17.1 Å². The monoisotopic (exact) mass is 728 g/mol. The van der Waals surface area contributed by atoms with Gasteiger partial charge in [0.25, 0.3) is 0 Å². The van der Waals surface area contributed by atoms with Gasteiger partial charge in [-0.2, -0.15) is 0 Å². The molecule has 4 atom stereocenters. The van der Waals surface area contributed by atoms with Crippen LogP contribution in [0.2, 0.25) is 10.0 Å². The molecule has 0 spiro atoms. The van der Waals surface area contributed by atoms with Crippen LogP contribution < -0.4 is 5.32 Å². The van der Waals surface area contributed by atoms with Crippen molar-refractivity contribution >= 4 is 35.4 Å². The van der Waals surface area contributed by atoms with E-state index in [1.807, 2.05) is 97.1 Å². The first-order valence-corrected chi connectivity index (χ1v) is 18.4. The Kier molecular flexibility index (Phi) is 12.1. The van der Waals surface area contributed by atoms with Gasteiger partial charge >= 0.3 is 12.2 Å². The summed E-state index contributed by atoms with van der Waals surface area (Å²) in [6.45, 7) is 11.3. The number of ether oxygens (including phenoxy) is 2. The minimum Gasteiger partial charge on any atom is -0.444 e. The van der Waals surface area contributed by atoms with Crippen LogP contribution in [-0.2, 0) is 22.3 Å². The highest BCUT2D eigenvalue weighted by Gasteiger charge is 2.36. The first-order valence-electron chi connectivity index (χ1n) is 17.7. The van der Waals surface area contributed by atoms with E-state index < -0.39 is 11.2 Å². The molecule has 8 heteroatoms. The molecule has 1 N–H and O–H groups in total. The molecular formula is C43H50Cl2N2O4. The van der Waals surface area contributed by atoms with Crippen molar-refractivity contribution in [2.75, 3.05) is 7.05 Å². The maximum Gasteiger partial charge on any atom is 0.410 e. The molecule has 2 aliphatic rings. The van der Waals surface area contributed by atoms with Crippen LogP contribution in [0.1, 0.15) is 112 Å². The molecule has 6 rings (SSSR count). The lowest BCUT2D eigenvalue weighted by Crippen LogP contribution is -2.36. The van der Waals surface area contributed by atoms with Gasteiger partial charge < -0.3 is 19.7 Å². The quantitative estimate of drug-likeness (QED) is 0.215. The number of carbonyl (C=O) groups is 2. The maximum atomic E-state index is 12.6. The molecule has 4 aromatic carbocycles. The molecule has 0 aromatic heterocycles. The Balaban J connectivity index is 0.000000198. The molecule has 51 heavy (non-hydrogen) atoms. The van der Waals surface area contributed by atoms with E-state index in [1.54, 1.807) is 4.90 Å². The van der Waals surface area contributed by atoms with Crippen LogP contribution in [0, 0.1) is 0 Å². The van der Waals surface area contributed by atoms with Crippen molar-refractivity contribution in [3.8, 4) is 0 Å². The second kappa shape index (κ2) is 16.1. The molecule has 0 bridgehead atoms. The maximum absolute atomic E-state index is 12.6. The summed E-state index contributed by atoms with van der Waals surface area (Å²) in [5.74, 6) is 0.717. The second-order valence-corrected chi connectivity index (χ2v) is 16.5. The van der Waals surface area contributed by atoms with Crippen LogP contribution in [0.5, 0.6) is 0 Å². The number of carbonyl (C=O) groups excluding carboxylic acids is 2. The summed E-state index contributed by atoms with van der Waals surface area (Å²) in [5.41, 5.74) is 6.44. The fraction of sp³-hybridized carbons (Fsp3) is 0.395. The largest absolute Gasteiger partial charge is 0.444 e. The van der Waals surface area contributed by atoms with Gasteiger partial charge in [-0.25, -0.2) is 9.59 Å². The van der Waals surface area contributed by atoms with E-state index in [0.717, 1.165) is 35.7 Å². The first-order chi connectivity index (χ1) is 24.1. The van der Waals surface area contributed by atoms with E-state index in [9.17, 15) is 9.59 Å². The highest BCUT2D eigenvalue weighted by Crippen LogP contribution is 2.45. The second-order valence-electron chi connectivity index (χ2n) is 15.6. The van der Waals surface area contributed by atoms with Crippen molar-refractivity contribution in [3.05, 3.63) is 140 Å². The Bertz CT molecular complexity index is 1830. The van der Waals surface area contributed by atoms with Gasteiger partial charge in [-0.3, -0.25) is 0 Å². The van der Waals surface area contributed by atoms with Crippen molar-refractivity contribution in [3.63, 3.8) is 0 Å². The van der Waals surface area contributed by atoms with Crippen LogP contribution in [-0.4, -0.2) is 35.3 Å². The summed E-state index contributed by atoms with van der Waals surface area (Å²) in [6, 6.07) is 32.7. The van der Waals surface area contributed by atoms with Gasteiger partial charge in [0.05, 0.1) is 12.1 Å². The summed E-state index contributed by atoms with van der Waals surface area (Å²) in [5, 5.41) is 4.55. The fourth-order valence-corrected chi connectivity index (χ4v) is 7.57. The molecule has 0 aliphatic heterocycles. The highest BCUT2D eigenvalue weighted by atomic mass is 35.5. The molecular weight excluding hydrogens is 679 g/mol. The molecule has 270 valence electrons. The van der Waals surface area contributed by atoms with E-state index >= 15 is 0 Å². The minimum absolute atomic E-state index is 0.0183. The lowest BCUT2D eigenvalue weighted by atomic mass is 9.93. The van der Waals surface area contributed by atoms with Crippen LogP contribution in [0.4, 0.5) is 9.59 Å². The molecule has 0 saturated heterocycles. The summed E-state index contributed by atoms with van der Waals surface area (Å²) >= 11 is 12.3. The summed E-state index contributed by atoms with van der Waals surface area (Å²) in [4.78, 5) is 26.5. The average Bonchev–Trinajstić information content (AvgIpc) is 3.57. The van der Waals surface area contributed by atoms with Gasteiger partial charge in [0.15, 0.2) is 0 Å². The zero-order valence-corrected chi connectivity index (χ0v) is 32.2. The van der Waals surface area contributed by atoms with Crippen molar-refractivity contribution in [2.45, 2.75) is 102 Å². The van der Waals surface area contributed by atoms with Crippen LogP contribution in [0.25, 0.3) is 0 Å². The van der Waals surface area contributed by atoms with E-state index in [1.165, 1.54) is 33.4 Å². The Morgan fingerprint density at radius 1 is 0.667 bits per heavy atom. The van der Waals surface area contributed by atoms with Gasteiger partial charge in [-0.05, 0) is 137 Å². The summed E-state index contributed by atoms with van der Waals surface area (Å²) in [7, 11) is 1.83. The van der Waals surface area contributed by atoms with E-state index in [4.69, 9.17) is 32.7 Å². The minimum atomic E-state index is -0.498. The molecule has 4 aromatic rings. The van der Waals surface area contributed by atoms with E-state index in [-0.39, 0.29) is 24.3 Å². The molecule has 2 aliphatic carbocycles. The first kappa shape index (κ1) is 38.2. The number of amides is 2. The van der Waals surface area contributed by atoms with Crippen molar-refractivity contribution in [2.24, 2.45) is 0 Å². The topological polar surface area (TPSA) is 67.9 Å². The van der Waals surface area contributed by atoms with Crippen LogP contribution >= 0.6 is 23.2 Å². The normalized spacial score (nSPS) is 19.2. The Morgan fingerprint density at radius 3 is 1.65 bits per heavy atom. The smallest absolute Gasteiger partial charge is 0.410 e. The number of benzene rings is 4. The van der Waals surface area contributed by atoms with Crippen LogP contribution in [0.15, 0.2) is 97.1 Å². The molecule has 0 radical (unpaired) electrons. The Morgan fingerprint density at radius 2 is 1.14 bits per heavy atom. The predicted molar refractivity (Wildman–Crippen MR) is 207 cm³/mol. The molecule has 0 saturated carbocycles. The molecule has 0 heterocycles. The number of rotatable bonds is 6. The third-order valence-corrected chi connectivity index (χ3v) is 9.69. The van der Waals surface area contributed by atoms with Gasteiger partial charge in [-0.15, -0.1) is 0 Å². The Labute approximate surface area is 313 Å². The standard InChI is InChI=1S/C22H26ClNO2.C21H24ClNO2/c1-22(2,3)26-21(25)24(4)20-14-16(18-10-5-6-11-19(18)20)12-15-8-7-9-17(23)13-15;1-21(2,3)25-20(24)23-19-13-15(17-9-4-5-10-18(17)19)11-14-7-6-8-16(22)12-14/h5-11,13,16,20H,12,14H2,1-4H3;4-10,12,15,19H,11,13H2,1-3H3,(H,23,24)/t16-,20-;15-,19-/m11/s1. The Hall–Kier alpha value is -4.00. The number of nitrogens with one attached hydrogen (secondary N) is 1. The van der Waals surface area contributed by atoms with E-state index in [2.05, 4.69) is 53.8 Å². The number of fused-ring (bicyclic) bond motifs is 2. The van der Waals surface area contributed by atoms with Gasteiger partial charge in [0.2, 0.25) is 0 Å². The third-order valence-electron chi connectivity index (χ3n) is 9.22. The third kappa shape index (κ3) is 10.5. The number of hydrogen-bond acceptors (Lipinski definition) is 4. The highest BCUT2D eigenvalue weighted by molar-refractivity contribution is 6.30. The molecule has 2 amide bonds. The number of hydrogen-bond donors (Lipinski definition) is 1. The summed E-state index contributed by atoms with van der Waals surface area (Å²) < 4.78 is 11.0. The lowest BCUT2D eigenvalue weighted by Gasteiger charge is -2.29. The van der Waals surface area contributed by atoms with Crippen molar-refractivity contribution in [1.29, 1.82) is 0 Å². The number of alkyl carbamates (subject to hydrolysis) is 1. The van der Waals surface area contributed by atoms with Gasteiger partial charge in [0.1, 0.15) is 11.2 Å². The zero-order chi connectivity index (χ0) is 36.9. The van der Waals surface area contributed by atoms with Crippen molar-refractivity contribution < 1.29 is 19.1 Å². The SMILES string of the molecule is CC(C)(C)OC(=O)N[C@@H]1C[C@@H](Cc2cccc(Cl)c2)c2ccccc21.CN(C(=O)OC(C)(C)C)[C@@H]1C[C@@H](Cc2cccc(Cl)c2)c2ccccc21.